The molecule has 2 nitrogen and oxygen atoms in total. The van der Waals surface area contributed by atoms with Crippen molar-refractivity contribution in [1.29, 1.82) is 0 Å². The van der Waals surface area contributed by atoms with Crippen molar-refractivity contribution in [1.82, 2.24) is 0 Å². The second-order valence-corrected chi connectivity index (χ2v) is 7.52. The average molecular weight is 290 g/mol. The summed E-state index contributed by atoms with van der Waals surface area (Å²) in [6.07, 6.45) is 1.56. The normalized spacial score (nSPS) is 51.0. The molecule has 0 aliphatic heterocycles. The first kappa shape index (κ1) is 12.1. The van der Waals surface area contributed by atoms with Gasteiger partial charge in [-0.1, -0.05) is 30.3 Å². The van der Waals surface area contributed by atoms with Crippen molar-refractivity contribution in [2.45, 2.75) is 37.0 Å². The number of carboxylic acids is 1. The fraction of sp³-hybridized carbons (Fsp3) is 0.588. The fourth-order valence-corrected chi connectivity index (χ4v) is 6.77. The van der Waals surface area contributed by atoms with E-state index in [1.807, 2.05) is 30.3 Å². The molecule has 0 saturated heterocycles. The van der Waals surface area contributed by atoms with E-state index in [-0.39, 0.29) is 11.8 Å². The Morgan fingerprint density at radius 3 is 2.48 bits per heavy atom. The quantitative estimate of drug-likeness (QED) is 0.905. The van der Waals surface area contributed by atoms with Gasteiger partial charge in [-0.15, -0.1) is 0 Å². The zero-order chi connectivity index (χ0) is 14.7. The summed E-state index contributed by atoms with van der Waals surface area (Å²) in [5.41, 5.74) is -0.831. The molecule has 1 N–H and O–H groups in total. The van der Waals surface area contributed by atoms with Crippen LogP contribution in [0, 0.1) is 22.7 Å². The van der Waals surface area contributed by atoms with Crippen LogP contribution in [0.15, 0.2) is 30.3 Å². The van der Waals surface area contributed by atoms with Crippen LogP contribution in [-0.2, 0) is 10.2 Å². The van der Waals surface area contributed by atoms with Crippen molar-refractivity contribution in [2.24, 2.45) is 22.7 Å². The standard InChI is InChI=1S/C17H16F2O2/c18-17(19)11-6-15(13(20)21)9-14(10-4-2-1-3-5-10)8-12(17)16(14,15)7-11/h1-5,11-12H,6-9H2,(H,20,21). The number of hydrogen-bond donors (Lipinski definition) is 1. The highest BCUT2D eigenvalue weighted by Gasteiger charge is 2.95. The molecule has 21 heavy (non-hydrogen) atoms. The topological polar surface area (TPSA) is 37.3 Å². The summed E-state index contributed by atoms with van der Waals surface area (Å²) in [4.78, 5) is 11.9. The Labute approximate surface area is 121 Å². The smallest absolute Gasteiger partial charge is 0.310 e. The van der Waals surface area contributed by atoms with Gasteiger partial charge in [0.1, 0.15) is 0 Å². The SMILES string of the molecule is O=C(O)C12CC3CC14C(CC4(c1ccccc1)C2)C3(F)F. The maximum Gasteiger partial charge on any atom is 0.310 e. The molecule has 5 unspecified atom stereocenters. The molecule has 5 rings (SSSR count). The van der Waals surface area contributed by atoms with Crippen molar-refractivity contribution < 1.29 is 18.7 Å². The highest BCUT2D eigenvalue weighted by atomic mass is 19.3. The van der Waals surface area contributed by atoms with Crippen molar-refractivity contribution in [3.63, 3.8) is 0 Å². The Hall–Kier alpha value is -1.45. The number of carboxylic acid groups (broad SMARTS) is 1. The lowest BCUT2D eigenvalue weighted by molar-refractivity contribution is -0.315. The zero-order valence-corrected chi connectivity index (χ0v) is 11.5. The molecule has 1 aromatic rings. The van der Waals surface area contributed by atoms with Crippen LogP contribution in [0.2, 0.25) is 0 Å². The van der Waals surface area contributed by atoms with E-state index in [4.69, 9.17) is 0 Å². The largest absolute Gasteiger partial charge is 0.481 e. The minimum atomic E-state index is -2.67. The van der Waals surface area contributed by atoms with Gasteiger partial charge in [0.25, 0.3) is 5.92 Å². The van der Waals surface area contributed by atoms with Gasteiger partial charge < -0.3 is 5.11 Å². The number of hydrogen-bond acceptors (Lipinski definition) is 1. The van der Waals surface area contributed by atoms with Crippen molar-refractivity contribution in [3.05, 3.63) is 35.9 Å². The number of alkyl halides is 2. The molecule has 4 aliphatic rings. The van der Waals surface area contributed by atoms with Gasteiger partial charge in [-0.2, -0.15) is 0 Å². The Bertz CT molecular complexity index is 673. The monoisotopic (exact) mass is 290 g/mol. The van der Waals surface area contributed by atoms with Crippen molar-refractivity contribution in [2.75, 3.05) is 0 Å². The maximum atomic E-state index is 14.4. The first-order valence-electron chi connectivity index (χ1n) is 7.57. The van der Waals surface area contributed by atoms with E-state index in [9.17, 15) is 18.7 Å². The van der Waals surface area contributed by atoms with Gasteiger partial charge in [0.15, 0.2) is 0 Å². The van der Waals surface area contributed by atoms with E-state index in [1.54, 1.807) is 0 Å². The molecule has 0 amide bonds. The molecular weight excluding hydrogens is 274 g/mol. The lowest BCUT2D eigenvalue weighted by Gasteiger charge is -2.78. The van der Waals surface area contributed by atoms with E-state index in [0.717, 1.165) is 5.56 Å². The van der Waals surface area contributed by atoms with E-state index < -0.39 is 34.6 Å². The van der Waals surface area contributed by atoms with Gasteiger partial charge in [0.2, 0.25) is 0 Å². The van der Waals surface area contributed by atoms with Crippen LogP contribution in [-0.4, -0.2) is 17.0 Å². The molecule has 4 aliphatic carbocycles. The summed E-state index contributed by atoms with van der Waals surface area (Å²) >= 11 is 0. The van der Waals surface area contributed by atoms with Crippen LogP contribution in [0.25, 0.3) is 0 Å². The van der Waals surface area contributed by atoms with Crippen LogP contribution >= 0.6 is 0 Å². The third-order valence-corrected chi connectivity index (χ3v) is 7.37. The highest BCUT2D eigenvalue weighted by molar-refractivity contribution is 5.82. The van der Waals surface area contributed by atoms with Crippen LogP contribution in [0.5, 0.6) is 0 Å². The summed E-state index contributed by atoms with van der Waals surface area (Å²) in [5, 5.41) is 9.74. The van der Waals surface area contributed by atoms with E-state index >= 15 is 0 Å². The number of rotatable bonds is 2. The summed E-state index contributed by atoms with van der Waals surface area (Å²) in [5.74, 6) is -4.98. The predicted molar refractivity (Wildman–Crippen MR) is 71.0 cm³/mol. The van der Waals surface area contributed by atoms with Gasteiger partial charge in [-0.3, -0.25) is 4.79 Å². The number of halogens is 2. The van der Waals surface area contributed by atoms with Gasteiger partial charge in [0, 0.05) is 22.7 Å². The van der Waals surface area contributed by atoms with Crippen LogP contribution in [0.4, 0.5) is 8.78 Å². The summed E-state index contributed by atoms with van der Waals surface area (Å²) in [6, 6.07) is 9.74. The Morgan fingerprint density at radius 1 is 1.14 bits per heavy atom. The maximum absolute atomic E-state index is 14.4. The Balaban J connectivity index is 1.71. The summed E-state index contributed by atoms with van der Waals surface area (Å²) in [6.45, 7) is 0. The molecule has 4 saturated carbocycles. The molecular formula is C17H16F2O2. The van der Waals surface area contributed by atoms with E-state index in [2.05, 4.69) is 0 Å². The molecule has 4 fully saturated rings. The third kappa shape index (κ3) is 0.890. The number of fused-ring (bicyclic) bond motifs is 1. The lowest BCUT2D eigenvalue weighted by atomic mass is 9.23. The van der Waals surface area contributed by atoms with Gasteiger partial charge in [-0.05, 0) is 31.2 Å². The lowest BCUT2D eigenvalue weighted by Crippen LogP contribution is -2.80. The molecule has 0 aromatic heterocycles. The van der Waals surface area contributed by atoms with Gasteiger partial charge in [0.05, 0.1) is 5.41 Å². The predicted octanol–water partition coefficient (Wildman–Crippen LogP) is 3.46. The molecule has 0 radical (unpaired) electrons. The molecule has 110 valence electrons. The van der Waals surface area contributed by atoms with Crippen LogP contribution < -0.4 is 0 Å². The van der Waals surface area contributed by atoms with Gasteiger partial charge >= 0.3 is 5.97 Å². The summed E-state index contributed by atoms with van der Waals surface area (Å²) < 4.78 is 28.9. The molecule has 1 spiro atoms. The fourth-order valence-electron chi connectivity index (χ4n) is 6.77. The highest BCUT2D eigenvalue weighted by Crippen LogP contribution is 2.93. The van der Waals surface area contributed by atoms with E-state index in [0.29, 0.717) is 19.3 Å². The number of aliphatic carboxylic acids is 1. The number of carbonyl (C=O) groups is 1. The van der Waals surface area contributed by atoms with Crippen LogP contribution in [0.3, 0.4) is 0 Å². The Morgan fingerprint density at radius 2 is 1.86 bits per heavy atom. The summed E-state index contributed by atoms with van der Waals surface area (Å²) in [7, 11) is 0. The minimum absolute atomic E-state index is 0.167. The second kappa shape index (κ2) is 3.01. The molecule has 4 heteroatoms. The van der Waals surface area contributed by atoms with Gasteiger partial charge in [-0.25, -0.2) is 8.78 Å². The average Bonchev–Trinajstić information content (AvgIpc) is 2.88. The zero-order valence-electron chi connectivity index (χ0n) is 11.5. The van der Waals surface area contributed by atoms with Crippen molar-refractivity contribution >= 4 is 5.97 Å². The molecule has 2 bridgehead atoms. The molecule has 5 atom stereocenters. The molecule has 0 heterocycles. The van der Waals surface area contributed by atoms with E-state index in [1.165, 1.54) is 0 Å². The van der Waals surface area contributed by atoms with Crippen LogP contribution in [0.1, 0.15) is 31.2 Å². The number of benzene rings is 1. The van der Waals surface area contributed by atoms with Crippen molar-refractivity contribution in [3.8, 4) is 0 Å². The second-order valence-electron chi connectivity index (χ2n) is 7.52. The third-order valence-electron chi connectivity index (χ3n) is 7.37. The molecule has 1 aromatic carbocycles. The minimum Gasteiger partial charge on any atom is -0.481 e. The first-order chi connectivity index (χ1) is 9.91. The Kier molecular flexibility index (Phi) is 1.74. The first-order valence-corrected chi connectivity index (χ1v) is 7.57.